The lowest BCUT2D eigenvalue weighted by atomic mass is 10.1. The van der Waals surface area contributed by atoms with E-state index in [0.717, 1.165) is 17.7 Å². The maximum Gasteiger partial charge on any atom is 0.276 e. The average Bonchev–Trinajstić information content (AvgIpc) is 3.20. The van der Waals surface area contributed by atoms with Gasteiger partial charge in [-0.15, -0.1) is 12.4 Å². The van der Waals surface area contributed by atoms with Crippen molar-refractivity contribution >= 4 is 35.3 Å². The van der Waals surface area contributed by atoms with Gasteiger partial charge in [-0.1, -0.05) is 18.2 Å². The fraction of sp³-hybridized carbons (Fsp3) is 0.208. The predicted molar refractivity (Wildman–Crippen MR) is 129 cm³/mol. The number of halogens is 3. The summed E-state index contributed by atoms with van der Waals surface area (Å²) in [5, 5.41) is 3.05. The lowest BCUT2D eigenvalue weighted by Gasteiger charge is -2.26. The Balaban J connectivity index is 0.00000289. The van der Waals surface area contributed by atoms with Crippen LogP contribution in [0.25, 0.3) is 16.9 Å². The van der Waals surface area contributed by atoms with Gasteiger partial charge in [-0.2, -0.15) is 0 Å². The number of aromatic nitrogens is 3. The highest BCUT2D eigenvalue weighted by Gasteiger charge is 2.21. The lowest BCUT2D eigenvalue weighted by Crippen LogP contribution is -2.41. The van der Waals surface area contributed by atoms with E-state index in [2.05, 4.69) is 15.3 Å². The molecule has 0 radical (unpaired) electrons. The smallest absolute Gasteiger partial charge is 0.276 e. The number of carbonyl (C=O) groups excluding carboxylic acids is 1. The van der Waals surface area contributed by atoms with Gasteiger partial charge in [0.15, 0.2) is 17.2 Å². The highest BCUT2D eigenvalue weighted by atomic mass is 35.5. The molecule has 2 aromatic heterocycles. The molecule has 0 atom stereocenters. The number of carbonyl (C=O) groups is 1. The van der Waals surface area contributed by atoms with Gasteiger partial charge in [0, 0.05) is 31.2 Å². The molecular weight excluding hydrogens is 480 g/mol. The first-order valence-electron chi connectivity index (χ1n) is 10.8. The number of nitrogens with zero attached hydrogens (tertiary/aromatic N) is 3. The van der Waals surface area contributed by atoms with Crippen LogP contribution in [0.5, 0.6) is 0 Å². The van der Waals surface area contributed by atoms with Crippen LogP contribution in [0.15, 0.2) is 59.7 Å². The topological polar surface area (TPSA) is 91.7 Å². The van der Waals surface area contributed by atoms with Crippen molar-refractivity contribution in [3.05, 3.63) is 82.4 Å². The highest BCUT2D eigenvalue weighted by molar-refractivity contribution is 5.85. The Kier molecular flexibility index (Phi) is 7.13. The summed E-state index contributed by atoms with van der Waals surface area (Å²) in [4.78, 5) is 33.7. The van der Waals surface area contributed by atoms with Crippen LogP contribution in [0.1, 0.15) is 5.56 Å². The summed E-state index contributed by atoms with van der Waals surface area (Å²) in [5.41, 5.74) is 0.767. The van der Waals surface area contributed by atoms with Gasteiger partial charge in [0.2, 0.25) is 5.91 Å². The second-order valence-corrected chi connectivity index (χ2v) is 7.88. The molecule has 3 heterocycles. The molecule has 11 heteroatoms. The van der Waals surface area contributed by atoms with Crippen LogP contribution in [0.4, 0.5) is 20.3 Å². The molecule has 1 fully saturated rings. The number of fused-ring (bicyclic) bond motifs is 1. The van der Waals surface area contributed by atoms with Gasteiger partial charge in [-0.3, -0.25) is 14.0 Å². The first-order chi connectivity index (χ1) is 16.5. The van der Waals surface area contributed by atoms with Crippen molar-refractivity contribution in [1.82, 2.24) is 19.3 Å². The number of morpholine rings is 1. The number of imidazole rings is 1. The van der Waals surface area contributed by atoms with Crippen LogP contribution < -0.4 is 10.9 Å². The van der Waals surface area contributed by atoms with Gasteiger partial charge in [-0.25, -0.2) is 13.8 Å². The molecule has 1 aliphatic rings. The third kappa shape index (κ3) is 4.89. The second-order valence-electron chi connectivity index (χ2n) is 7.88. The summed E-state index contributed by atoms with van der Waals surface area (Å²) >= 11 is 0. The maximum atomic E-state index is 14.4. The number of aromatic amines is 1. The molecule has 0 bridgehead atoms. The Bertz CT molecular complexity index is 1390. The van der Waals surface area contributed by atoms with Crippen molar-refractivity contribution in [2.45, 2.75) is 6.42 Å². The molecule has 2 N–H and O–H groups in total. The van der Waals surface area contributed by atoms with E-state index in [4.69, 9.17) is 4.74 Å². The Labute approximate surface area is 205 Å². The zero-order chi connectivity index (χ0) is 23.7. The zero-order valence-corrected chi connectivity index (χ0v) is 19.3. The molecule has 4 aromatic rings. The molecule has 35 heavy (non-hydrogen) atoms. The minimum atomic E-state index is -0.784. The van der Waals surface area contributed by atoms with Gasteiger partial charge < -0.3 is 19.9 Å². The van der Waals surface area contributed by atoms with Crippen LogP contribution in [0, 0.1) is 11.6 Å². The normalized spacial score (nSPS) is 13.5. The zero-order valence-electron chi connectivity index (χ0n) is 18.5. The van der Waals surface area contributed by atoms with E-state index in [1.54, 1.807) is 29.2 Å². The summed E-state index contributed by atoms with van der Waals surface area (Å²) in [7, 11) is 0. The van der Waals surface area contributed by atoms with Gasteiger partial charge in [0.25, 0.3) is 5.56 Å². The number of ether oxygens (including phenoxy) is 1. The Morgan fingerprint density at radius 3 is 2.46 bits per heavy atom. The van der Waals surface area contributed by atoms with Crippen LogP contribution in [0.3, 0.4) is 0 Å². The standard InChI is InChI=1S/C24H21F2N5O3.ClH/c25-17-2-1-3-18(26)20(17)23-29-22(21-24(33)27-8-9-31(21)23)28-16-6-4-15(5-7-16)14-19(32)30-10-12-34-13-11-30;/h1-9,28H,10-14H2,(H,27,33);1H. The minimum absolute atomic E-state index is 0. The number of amides is 1. The molecule has 8 nitrogen and oxygen atoms in total. The van der Waals surface area contributed by atoms with Gasteiger partial charge in [0.1, 0.15) is 11.6 Å². The molecule has 5 rings (SSSR count). The molecule has 0 spiro atoms. The lowest BCUT2D eigenvalue weighted by molar-refractivity contribution is -0.134. The van der Waals surface area contributed by atoms with Crippen LogP contribution in [0.2, 0.25) is 0 Å². The van der Waals surface area contributed by atoms with E-state index in [9.17, 15) is 18.4 Å². The van der Waals surface area contributed by atoms with E-state index < -0.39 is 17.2 Å². The van der Waals surface area contributed by atoms with Crippen molar-refractivity contribution < 1.29 is 18.3 Å². The SMILES string of the molecule is Cl.O=C(Cc1ccc(Nc2nc(-c3c(F)cccc3F)n3cc[nH]c(=O)c23)cc1)N1CCOCC1. The third-order valence-electron chi connectivity index (χ3n) is 5.69. The minimum Gasteiger partial charge on any atom is -0.378 e. The maximum absolute atomic E-state index is 14.4. The number of hydrogen-bond acceptors (Lipinski definition) is 5. The molecule has 0 aliphatic carbocycles. The summed E-state index contributed by atoms with van der Waals surface area (Å²) in [5.74, 6) is -1.42. The molecule has 0 unspecified atom stereocenters. The number of anilines is 2. The summed E-state index contributed by atoms with van der Waals surface area (Å²) in [6.07, 6.45) is 3.13. The number of benzene rings is 2. The Morgan fingerprint density at radius 1 is 1.09 bits per heavy atom. The Hall–Kier alpha value is -3.76. The van der Waals surface area contributed by atoms with Crippen LogP contribution in [-0.2, 0) is 16.0 Å². The fourth-order valence-corrected chi connectivity index (χ4v) is 3.97. The Morgan fingerprint density at radius 2 is 1.77 bits per heavy atom. The molecule has 0 saturated carbocycles. The van der Waals surface area contributed by atoms with Gasteiger partial charge in [0.05, 0.1) is 25.2 Å². The first kappa shape index (κ1) is 24.4. The number of hydrogen-bond donors (Lipinski definition) is 2. The fourth-order valence-electron chi connectivity index (χ4n) is 3.97. The van der Waals surface area contributed by atoms with Crippen LogP contribution in [-0.4, -0.2) is 51.5 Å². The molecule has 1 saturated heterocycles. The highest BCUT2D eigenvalue weighted by Crippen LogP contribution is 2.29. The number of rotatable bonds is 5. The molecular formula is C24H22ClF2N5O3. The van der Waals surface area contributed by atoms with Crippen molar-refractivity contribution in [2.24, 2.45) is 0 Å². The van der Waals surface area contributed by atoms with Gasteiger partial charge >= 0.3 is 0 Å². The van der Waals surface area contributed by atoms with Gasteiger partial charge in [-0.05, 0) is 29.8 Å². The number of nitrogens with one attached hydrogen (secondary N) is 2. The molecule has 1 amide bonds. The van der Waals surface area contributed by atoms with Crippen LogP contribution >= 0.6 is 12.4 Å². The second kappa shape index (κ2) is 10.2. The number of H-pyrrole nitrogens is 1. The summed E-state index contributed by atoms with van der Waals surface area (Å²) in [6, 6.07) is 10.7. The summed E-state index contributed by atoms with van der Waals surface area (Å²) in [6.45, 7) is 2.27. The van der Waals surface area contributed by atoms with Crippen molar-refractivity contribution in [3.63, 3.8) is 0 Å². The third-order valence-corrected chi connectivity index (χ3v) is 5.69. The first-order valence-corrected chi connectivity index (χ1v) is 10.8. The van der Waals surface area contributed by atoms with E-state index >= 15 is 0 Å². The van der Waals surface area contributed by atoms with Crippen molar-refractivity contribution in [1.29, 1.82) is 0 Å². The van der Waals surface area contributed by atoms with Crippen molar-refractivity contribution in [2.75, 3.05) is 31.6 Å². The average molecular weight is 502 g/mol. The molecule has 1 aliphatic heterocycles. The summed E-state index contributed by atoms with van der Waals surface area (Å²) < 4.78 is 35.5. The van der Waals surface area contributed by atoms with E-state index in [-0.39, 0.29) is 47.5 Å². The largest absolute Gasteiger partial charge is 0.378 e. The van der Waals surface area contributed by atoms with E-state index in [1.807, 2.05) is 0 Å². The van der Waals surface area contributed by atoms with E-state index in [1.165, 1.54) is 22.9 Å². The van der Waals surface area contributed by atoms with E-state index in [0.29, 0.717) is 32.0 Å². The predicted octanol–water partition coefficient (Wildman–Crippen LogP) is 3.53. The molecule has 2 aromatic carbocycles. The monoisotopic (exact) mass is 501 g/mol. The van der Waals surface area contributed by atoms with Crippen molar-refractivity contribution in [3.8, 4) is 11.4 Å². The molecule has 182 valence electrons. The quantitative estimate of drug-likeness (QED) is 0.436.